The highest BCUT2D eigenvalue weighted by molar-refractivity contribution is 6.05. The van der Waals surface area contributed by atoms with Gasteiger partial charge in [-0.1, -0.05) is 12.1 Å². The third-order valence-electron chi connectivity index (χ3n) is 6.41. The average molecular weight is 368 g/mol. The fourth-order valence-corrected chi connectivity index (χ4v) is 4.79. The molecule has 4 atom stereocenters. The largest absolute Gasteiger partial charge is 0.322 e. The van der Waals surface area contributed by atoms with E-state index in [-0.39, 0.29) is 24.1 Å². The van der Waals surface area contributed by atoms with Gasteiger partial charge in [0.05, 0.1) is 0 Å². The molecule has 3 fully saturated rings. The third kappa shape index (κ3) is 3.04. The van der Waals surface area contributed by atoms with Crippen molar-refractivity contribution in [3.05, 3.63) is 34.9 Å². The van der Waals surface area contributed by atoms with Gasteiger partial charge in [-0.2, -0.15) is 0 Å². The Labute approximate surface area is 157 Å². The van der Waals surface area contributed by atoms with Crippen molar-refractivity contribution in [1.82, 2.24) is 20.9 Å². The Bertz CT molecular complexity index is 823. The van der Waals surface area contributed by atoms with Crippen LogP contribution in [0, 0.1) is 11.8 Å². The maximum absolute atomic E-state index is 12.7. The van der Waals surface area contributed by atoms with Crippen molar-refractivity contribution in [3.63, 3.8) is 0 Å². The van der Waals surface area contributed by atoms with Gasteiger partial charge in [0, 0.05) is 31.1 Å². The van der Waals surface area contributed by atoms with E-state index in [1.54, 1.807) is 4.90 Å². The summed E-state index contributed by atoms with van der Waals surface area (Å²) in [6, 6.07) is 6.14. The molecule has 0 bridgehead atoms. The Kier molecular flexibility index (Phi) is 4.02. The monoisotopic (exact) mass is 368 g/mol. The summed E-state index contributed by atoms with van der Waals surface area (Å²) in [5.74, 6) is 0.851. The van der Waals surface area contributed by atoms with Crippen LogP contribution in [-0.4, -0.2) is 47.8 Å². The number of imide groups is 1. The van der Waals surface area contributed by atoms with E-state index in [4.69, 9.17) is 0 Å². The van der Waals surface area contributed by atoms with Crippen LogP contribution in [0.4, 0.5) is 0 Å². The Morgan fingerprint density at radius 1 is 1.22 bits per heavy atom. The van der Waals surface area contributed by atoms with E-state index in [0.29, 0.717) is 18.5 Å². The zero-order chi connectivity index (χ0) is 18.5. The Morgan fingerprint density at radius 3 is 2.85 bits per heavy atom. The number of nitrogens with zero attached hydrogens (tertiary/aromatic N) is 1. The molecule has 1 aromatic carbocycles. The van der Waals surface area contributed by atoms with E-state index in [0.717, 1.165) is 48.6 Å². The molecule has 3 N–H and O–H groups in total. The van der Waals surface area contributed by atoms with E-state index in [1.807, 2.05) is 12.1 Å². The molecule has 27 heavy (non-hydrogen) atoms. The van der Waals surface area contributed by atoms with Crippen LogP contribution in [0.5, 0.6) is 0 Å². The molecule has 3 heterocycles. The first-order chi connectivity index (χ1) is 13.1. The van der Waals surface area contributed by atoms with Crippen LogP contribution in [0.25, 0.3) is 0 Å². The molecular weight excluding hydrogens is 344 g/mol. The van der Waals surface area contributed by atoms with E-state index in [2.05, 4.69) is 22.0 Å². The second-order valence-corrected chi connectivity index (χ2v) is 8.20. The van der Waals surface area contributed by atoms with Crippen LogP contribution in [0.2, 0.25) is 0 Å². The van der Waals surface area contributed by atoms with E-state index in [1.165, 1.54) is 6.42 Å². The lowest BCUT2D eigenvalue weighted by Crippen LogP contribution is -2.52. The molecule has 7 nitrogen and oxygen atoms in total. The maximum Gasteiger partial charge on any atom is 0.255 e. The van der Waals surface area contributed by atoms with Gasteiger partial charge in [-0.3, -0.25) is 19.7 Å². The number of carbonyl (C=O) groups is 3. The van der Waals surface area contributed by atoms with Crippen LogP contribution < -0.4 is 16.0 Å². The van der Waals surface area contributed by atoms with Crippen molar-refractivity contribution in [3.8, 4) is 0 Å². The normalized spacial score (nSPS) is 31.7. The zero-order valence-electron chi connectivity index (χ0n) is 15.2. The number of hydrogen-bond donors (Lipinski definition) is 3. The molecule has 0 spiro atoms. The molecule has 4 unspecified atom stereocenters. The van der Waals surface area contributed by atoms with Crippen molar-refractivity contribution in [2.45, 2.75) is 44.4 Å². The molecule has 5 rings (SSSR count). The van der Waals surface area contributed by atoms with Gasteiger partial charge in [-0.05, 0) is 55.0 Å². The Morgan fingerprint density at radius 2 is 2.11 bits per heavy atom. The summed E-state index contributed by atoms with van der Waals surface area (Å²) >= 11 is 0. The summed E-state index contributed by atoms with van der Waals surface area (Å²) in [6.45, 7) is 3.35. The number of hydrogen-bond acceptors (Lipinski definition) is 5. The zero-order valence-corrected chi connectivity index (χ0v) is 15.2. The predicted molar refractivity (Wildman–Crippen MR) is 97.6 cm³/mol. The summed E-state index contributed by atoms with van der Waals surface area (Å²) < 4.78 is 0. The lowest BCUT2D eigenvalue weighted by atomic mass is 10.0. The summed E-state index contributed by atoms with van der Waals surface area (Å²) in [6.07, 6.45) is 2.00. The second kappa shape index (κ2) is 6.42. The first-order valence-electron chi connectivity index (χ1n) is 9.81. The Balaban J connectivity index is 1.22. The second-order valence-electron chi connectivity index (χ2n) is 8.20. The fraction of sp³-hybridized carbons (Fsp3) is 0.550. The topological polar surface area (TPSA) is 90.5 Å². The maximum atomic E-state index is 12.7. The minimum atomic E-state index is -0.550. The number of amides is 3. The molecule has 3 amide bonds. The molecule has 0 aromatic heterocycles. The predicted octanol–water partition coefficient (Wildman–Crippen LogP) is 0.145. The molecule has 4 aliphatic rings. The van der Waals surface area contributed by atoms with Gasteiger partial charge in [0.2, 0.25) is 11.8 Å². The van der Waals surface area contributed by atoms with Gasteiger partial charge >= 0.3 is 0 Å². The first kappa shape index (κ1) is 16.9. The number of piperidine rings is 2. The number of nitrogens with one attached hydrogen (secondary N) is 3. The van der Waals surface area contributed by atoms with Crippen LogP contribution in [0.3, 0.4) is 0 Å². The Hall–Kier alpha value is -2.25. The van der Waals surface area contributed by atoms with Gasteiger partial charge in [-0.25, -0.2) is 0 Å². The van der Waals surface area contributed by atoms with Crippen molar-refractivity contribution in [2.75, 3.05) is 13.1 Å². The van der Waals surface area contributed by atoms with Crippen LogP contribution >= 0.6 is 0 Å². The third-order valence-corrected chi connectivity index (χ3v) is 6.41. The highest BCUT2D eigenvalue weighted by atomic mass is 16.2. The van der Waals surface area contributed by atoms with Gasteiger partial charge in [-0.15, -0.1) is 0 Å². The molecule has 142 valence electrons. The molecule has 1 saturated carbocycles. The number of rotatable bonds is 5. The van der Waals surface area contributed by atoms with Crippen LogP contribution in [-0.2, 0) is 22.7 Å². The van der Waals surface area contributed by atoms with Gasteiger partial charge in [0.1, 0.15) is 6.04 Å². The number of carbonyl (C=O) groups excluding carboxylic acids is 3. The standard InChI is InChI=1S/C20H24N4O3/c25-18-4-3-17(19(26)23-18)24-10-12-5-11(1-2-14(12)20(24)27)7-21-8-13-9-22-16-6-15(13)16/h1-2,5,13,15-17,21-22H,3-4,6-10H2,(H,23,25,26). The van der Waals surface area contributed by atoms with E-state index in [9.17, 15) is 14.4 Å². The molecule has 3 aliphatic heterocycles. The molecule has 1 aliphatic carbocycles. The highest BCUT2D eigenvalue weighted by Gasteiger charge is 2.47. The van der Waals surface area contributed by atoms with Crippen LogP contribution in [0.15, 0.2) is 18.2 Å². The number of fused-ring (bicyclic) bond motifs is 2. The minimum absolute atomic E-state index is 0.115. The summed E-state index contributed by atoms with van der Waals surface area (Å²) in [4.78, 5) is 37.8. The van der Waals surface area contributed by atoms with Gasteiger partial charge < -0.3 is 15.5 Å². The first-order valence-corrected chi connectivity index (χ1v) is 9.81. The van der Waals surface area contributed by atoms with Crippen molar-refractivity contribution >= 4 is 17.7 Å². The van der Waals surface area contributed by atoms with Gasteiger partial charge in [0.25, 0.3) is 5.91 Å². The van der Waals surface area contributed by atoms with Crippen LogP contribution in [0.1, 0.15) is 40.7 Å². The fourth-order valence-electron chi connectivity index (χ4n) is 4.79. The highest BCUT2D eigenvalue weighted by Crippen LogP contribution is 2.41. The van der Waals surface area contributed by atoms with Crippen molar-refractivity contribution < 1.29 is 14.4 Å². The number of benzene rings is 1. The smallest absolute Gasteiger partial charge is 0.255 e. The molecule has 1 aromatic rings. The van der Waals surface area contributed by atoms with Gasteiger partial charge in [0.15, 0.2) is 0 Å². The lowest BCUT2D eigenvalue weighted by molar-refractivity contribution is -0.136. The quantitative estimate of drug-likeness (QED) is 0.644. The van der Waals surface area contributed by atoms with E-state index >= 15 is 0 Å². The summed E-state index contributed by atoms with van der Waals surface area (Å²) in [5, 5.41) is 9.43. The summed E-state index contributed by atoms with van der Waals surface area (Å²) in [7, 11) is 0. The SMILES string of the molecule is O=C1CCC(N2Cc3cc(CNCC4CNC5CC45)ccc3C2=O)C(=O)N1. The average Bonchev–Trinajstić information content (AvgIpc) is 3.22. The van der Waals surface area contributed by atoms with E-state index < -0.39 is 6.04 Å². The molecule has 2 saturated heterocycles. The van der Waals surface area contributed by atoms with Crippen molar-refractivity contribution in [1.29, 1.82) is 0 Å². The molecule has 0 radical (unpaired) electrons. The molecular formula is C20H24N4O3. The molecule has 7 heteroatoms. The lowest BCUT2D eigenvalue weighted by Gasteiger charge is -2.29. The minimum Gasteiger partial charge on any atom is -0.322 e. The van der Waals surface area contributed by atoms with Crippen molar-refractivity contribution in [2.24, 2.45) is 11.8 Å². The summed E-state index contributed by atoms with van der Waals surface area (Å²) in [5.41, 5.74) is 2.79.